The number of benzene rings is 1. The second-order valence-corrected chi connectivity index (χ2v) is 4.75. The van der Waals surface area contributed by atoms with Crippen LogP contribution >= 0.6 is 0 Å². The van der Waals surface area contributed by atoms with E-state index in [1.165, 1.54) is 24.3 Å². The predicted octanol–water partition coefficient (Wildman–Crippen LogP) is 1.96. The summed E-state index contributed by atoms with van der Waals surface area (Å²) in [5.41, 5.74) is 0.678. The molecule has 0 saturated carbocycles. The van der Waals surface area contributed by atoms with E-state index in [1.54, 1.807) is 0 Å². The lowest BCUT2D eigenvalue weighted by molar-refractivity contribution is -0.148. The maximum absolute atomic E-state index is 13.8. The fraction of sp³-hybridized carbons (Fsp3) is 0.267. The van der Waals surface area contributed by atoms with Crippen LogP contribution in [0.5, 0.6) is 0 Å². The number of rotatable bonds is 4. The number of imide groups is 1. The van der Waals surface area contributed by atoms with Crippen molar-refractivity contribution < 1.29 is 23.9 Å². The number of aliphatic carboxylic acids is 1. The van der Waals surface area contributed by atoms with Gasteiger partial charge in [-0.05, 0) is 30.2 Å². The van der Waals surface area contributed by atoms with Crippen molar-refractivity contribution in [3.8, 4) is 0 Å². The third-order valence-corrected chi connectivity index (χ3v) is 3.20. The summed E-state index contributed by atoms with van der Waals surface area (Å²) in [7, 11) is 0. The van der Waals surface area contributed by atoms with Crippen LogP contribution in [-0.4, -0.2) is 27.8 Å². The number of carboxylic acids is 1. The molecular weight excluding hydrogens is 277 g/mol. The zero-order valence-corrected chi connectivity index (χ0v) is 11.2. The molecule has 2 rings (SSSR count). The third kappa shape index (κ3) is 3.75. The number of amides is 2. The molecule has 1 fully saturated rings. The van der Waals surface area contributed by atoms with Gasteiger partial charge in [0.2, 0.25) is 11.8 Å². The van der Waals surface area contributed by atoms with Crippen LogP contribution < -0.4 is 0 Å². The number of carbonyl (C=O) groups excluding carboxylic acids is 2. The summed E-state index contributed by atoms with van der Waals surface area (Å²) >= 11 is 0. The van der Waals surface area contributed by atoms with Gasteiger partial charge >= 0.3 is 5.97 Å². The Hall–Kier alpha value is -2.50. The molecule has 0 bridgehead atoms. The van der Waals surface area contributed by atoms with Gasteiger partial charge < -0.3 is 5.11 Å². The molecule has 0 spiro atoms. The van der Waals surface area contributed by atoms with Gasteiger partial charge in [0.15, 0.2) is 0 Å². The molecule has 1 saturated heterocycles. The van der Waals surface area contributed by atoms with Gasteiger partial charge in [-0.15, -0.1) is 0 Å². The molecule has 1 aromatic carbocycles. The van der Waals surface area contributed by atoms with Gasteiger partial charge in [0, 0.05) is 24.5 Å². The molecular formula is C15H14FNO4. The third-order valence-electron chi connectivity index (χ3n) is 3.20. The molecule has 21 heavy (non-hydrogen) atoms. The van der Waals surface area contributed by atoms with Crippen molar-refractivity contribution in [2.24, 2.45) is 0 Å². The van der Waals surface area contributed by atoms with Crippen LogP contribution in [0.25, 0.3) is 6.08 Å². The van der Waals surface area contributed by atoms with Gasteiger partial charge in [-0.3, -0.25) is 14.5 Å². The summed E-state index contributed by atoms with van der Waals surface area (Å²) in [6, 6.07) is 4.05. The number of nitrogens with zero attached hydrogens (tertiary/aromatic N) is 1. The van der Waals surface area contributed by atoms with E-state index in [9.17, 15) is 18.8 Å². The molecule has 0 unspecified atom stereocenters. The quantitative estimate of drug-likeness (QED) is 0.679. The van der Waals surface area contributed by atoms with E-state index in [0.717, 1.165) is 11.0 Å². The standard InChI is InChI=1S/C15H14FNO4/c16-12-6-4-10(5-7-15(20)21)8-11(12)9-17-13(18)2-1-3-14(17)19/h4-8H,1-3,9H2,(H,20,21). The number of halogens is 1. The zero-order chi connectivity index (χ0) is 15.4. The minimum absolute atomic E-state index is 0.127. The van der Waals surface area contributed by atoms with Crippen molar-refractivity contribution in [2.45, 2.75) is 25.8 Å². The maximum atomic E-state index is 13.8. The Morgan fingerprint density at radius 1 is 1.29 bits per heavy atom. The fourth-order valence-electron chi connectivity index (χ4n) is 2.13. The van der Waals surface area contributed by atoms with E-state index >= 15 is 0 Å². The van der Waals surface area contributed by atoms with E-state index in [4.69, 9.17) is 5.11 Å². The normalized spacial score (nSPS) is 15.8. The van der Waals surface area contributed by atoms with Crippen molar-refractivity contribution >= 4 is 23.9 Å². The Bertz CT molecular complexity index is 608. The first-order valence-corrected chi connectivity index (χ1v) is 6.50. The monoisotopic (exact) mass is 291 g/mol. The summed E-state index contributed by atoms with van der Waals surface area (Å²) < 4.78 is 13.8. The molecule has 5 nitrogen and oxygen atoms in total. The summed E-state index contributed by atoms with van der Waals surface area (Å²) in [5.74, 6) is -2.26. The smallest absolute Gasteiger partial charge is 0.328 e. The Labute approximate surface area is 120 Å². The number of carboxylic acid groups (broad SMARTS) is 1. The molecule has 1 N–H and O–H groups in total. The van der Waals surface area contributed by atoms with Crippen LogP contribution in [-0.2, 0) is 20.9 Å². The predicted molar refractivity (Wildman–Crippen MR) is 72.5 cm³/mol. The number of hydrogen-bond donors (Lipinski definition) is 1. The van der Waals surface area contributed by atoms with Crippen molar-refractivity contribution in [3.63, 3.8) is 0 Å². The molecule has 2 amide bonds. The van der Waals surface area contributed by atoms with Crippen LogP contribution in [0.1, 0.15) is 30.4 Å². The molecule has 1 heterocycles. The Morgan fingerprint density at radius 3 is 2.57 bits per heavy atom. The van der Waals surface area contributed by atoms with Crippen LogP contribution in [0.4, 0.5) is 4.39 Å². The van der Waals surface area contributed by atoms with Gasteiger partial charge in [-0.25, -0.2) is 9.18 Å². The molecule has 1 aliphatic rings. The van der Waals surface area contributed by atoms with E-state index in [1.807, 2.05) is 0 Å². The van der Waals surface area contributed by atoms with Crippen LogP contribution in [0.2, 0.25) is 0 Å². The SMILES string of the molecule is O=C(O)C=Cc1ccc(F)c(CN2C(=O)CCCC2=O)c1. The van der Waals surface area contributed by atoms with Gasteiger partial charge in [0.25, 0.3) is 0 Å². The summed E-state index contributed by atoms with van der Waals surface area (Å²) in [4.78, 5) is 34.9. The average Bonchev–Trinajstić information content (AvgIpc) is 2.43. The van der Waals surface area contributed by atoms with Gasteiger partial charge in [-0.2, -0.15) is 0 Å². The minimum Gasteiger partial charge on any atom is -0.478 e. The topological polar surface area (TPSA) is 74.7 Å². The highest BCUT2D eigenvalue weighted by Crippen LogP contribution is 2.19. The number of piperidine rings is 1. The Morgan fingerprint density at radius 2 is 1.95 bits per heavy atom. The maximum Gasteiger partial charge on any atom is 0.328 e. The first-order valence-electron chi connectivity index (χ1n) is 6.50. The highest BCUT2D eigenvalue weighted by molar-refractivity contribution is 5.97. The molecule has 110 valence electrons. The van der Waals surface area contributed by atoms with Gasteiger partial charge in [-0.1, -0.05) is 6.07 Å². The van der Waals surface area contributed by atoms with Crippen LogP contribution in [0.15, 0.2) is 24.3 Å². The zero-order valence-electron chi connectivity index (χ0n) is 11.2. The molecule has 0 aliphatic carbocycles. The van der Waals surface area contributed by atoms with E-state index in [0.29, 0.717) is 12.0 Å². The Balaban J connectivity index is 2.22. The molecule has 6 heteroatoms. The molecule has 0 atom stereocenters. The fourth-order valence-corrected chi connectivity index (χ4v) is 2.13. The molecule has 1 aliphatic heterocycles. The second kappa shape index (κ2) is 6.30. The van der Waals surface area contributed by atoms with Gasteiger partial charge in [0.1, 0.15) is 5.82 Å². The number of likely N-dealkylation sites (tertiary alicyclic amines) is 1. The highest BCUT2D eigenvalue weighted by Gasteiger charge is 2.26. The number of hydrogen-bond acceptors (Lipinski definition) is 3. The van der Waals surface area contributed by atoms with E-state index in [2.05, 4.69) is 0 Å². The van der Waals surface area contributed by atoms with Crippen molar-refractivity contribution in [2.75, 3.05) is 0 Å². The summed E-state index contributed by atoms with van der Waals surface area (Å²) in [6.07, 6.45) is 3.36. The summed E-state index contributed by atoms with van der Waals surface area (Å²) in [6.45, 7) is -0.127. The largest absolute Gasteiger partial charge is 0.478 e. The highest BCUT2D eigenvalue weighted by atomic mass is 19.1. The Kier molecular flexibility index (Phi) is 4.47. The molecule has 0 radical (unpaired) electrons. The number of carbonyl (C=O) groups is 3. The van der Waals surface area contributed by atoms with E-state index in [-0.39, 0.29) is 36.8 Å². The lowest BCUT2D eigenvalue weighted by atomic mass is 10.1. The lowest BCUT2D eigenvalue weighted by Gasteiger charge is -2.25. The summed E-state index contributed by atoms with van der Waals surface area (Å²) in [5, 5.41) is 8.57. The van der Waals surface area contributed by atoms with Gasteiger partial charge in [0.05, 0.1) is 6.54 Å². The van der Waals surface area contributed by atoms with Crippen molar-refractivity contribution in [3.05, 3.63) is 41.2 Å². The first-order chi connectivity index (χ1) is 9.97. The second-order valence-electron chi connectivity index (χ2n) is 4.75. The van der Waals surface area contributed by atoms with E-state index < -0.39 is 11.8 Å². The lowest BCUT2D eigenvalue weighted by Crippen LogP contribution is -2.39. The van der Waals surface area contributed by atoms with Crippen LogP contribution in [0, 0.1) is 5.82 Å². The van der Waals surface area contributed by atoms with Crippen molar-refractivity contribution in [1.82, 2.24) is 4.90 Å². The van der Waals surface area contributed by atoms with Crippen LogP contribution in [0.3, 0.4) is 0 Å². The molecule has 0 aromatic heterocycles. The molecule has 1 aromatic rings. The average molecular weight is 291 g/mol. The van der Waals surface area contributed by atoms with Crippen molar-refractivity contribution in [1.29, 1.82) is 0 Å². The first kappa shape index (κ1) is 14.9. The minimum atomic E-state index is -1.11.